The summed E-state index contributed by atoms with van der Waals surface area (Å²) >= 11 is 0. The van der Waals surface area contributed by atoms with Crippen molar-refractivity contribution >= 4 is 10.0 Å². The van der Waals surface area contributed by atoms with Crippen molar-refractivity contribution in [1.82, 2.24) is 10.0 Å². The van der Waals surface area contributed by atoms with Gasteiger partial charge in [-0.3, -0.25) is 0 Å². The average Bonchev–Trinajstić information content (AvgIpc) is 2.83. The van der Waals surface area contributed by atoms with Gasteiger partial charge in [-0.15, -0.1) is 0 Å². The lowest BCUT2D eigenvalue weighted by atomic mass is 9.88. The molecular weight excluding hydrogens is 324 g/mol. The van der Waals surface area contributed by atoms with Gasteiger partial charge in [0.1, 0.15) is 10.6 Å². The summed E-state index contributed by atoms with van der Waals surface area (Å²) in [4.78, 5) is 0.189. The second-order valence-electron chi connectivity index (χ2n) is 5.83. The molecule has 24 heavy (non-hydrogen) atoms. The summed E-state index contributed by atoms with van der Waals surface area (Å²) in [5.41, 5.74) is 3.34. The molecule has 2 aromatic rings. The van der Waals surface area contributed by atoms with Crippen LogP contribution in [0.1, 0.15) is 22.6 Å². The van der Waals surface area contributed by atoms with Crippen molar-refractivity contribution in [2.24, 2.45) is 0 Å². The minimum atomic E-state index is -3.59. The molecule has 1 unspecified atom stereocenters. The van der Waals surface area contributed by atoms with Crippen molar-refractivity contribution in [3.05, 3.63) is 59.2 Å². The van der Waals surface area contributed by atoms with Crippen molar-refractivity contribution in [2.45, 2.75) is 17.2 Å². The van der Waals surface area contributed by atoms with Crippen LogP contribution in [0.25, 0.3) is 0 Å². The predicted octanol–water partition coefficient (Wildman–Crippen LogP) is 1.88. The monoisotopic (exact) mass is 346 g/mol. The first-order chi connectivity index (χ1) is 11.6. The summed E-state index contributed by atoms with van der Waals surface area (Å²) in [6.07, 6.45) is 0.842. The summed E-state index contributed by atoms with van der Waals surface area (Å²) in [6.45, 7) is 1.64. The fraction of sp³-hybridized carbons (Fsp3) is 0.333. The van der Waals surface area contributed by atoms with E-state index in [4.69, 9.17) is 4.74 Å². The number of ether oxygens (including phenoxy) is 1. The molecule has 0 saturated carbocycles. The van der Waals surface area contributed by atoms with E-state index in [-0.39, 0.29) is 10.8 Å². The first-order valence-electron chi connectivity index (χ1n) is 7.97. The van der Waals surface area contributed by atoms with Gasteiger partial charge in [0.15, 0.2) is 0 Å². The van der Waals surface area contributed by atoms with Gasteiger partial charge in [0.05, 0.1) is 7.11 Å². The van der Waals surface area contributed by atoms with E-state index in [0.717, 1.165) is 30.6 Å². The maximum absolute atomic E-state index is 12.4. The second kappa shape index (κ2) is 6.93. The van der Waals surface area contributed by atoms with Crippen LogP contribution >= 0.6 is 0 Å². The lowest BCUT2D eigenvalue weighted by molar-refractivity contribution is 0.401. The highest BCUT2D eigenvalue weighted by Gasteiger charge is 2.26. The Kier molecular flexibility index (Phi) is 4.89. The van der Waals surface area contributed by atoms with Gasteiger partial charge in [-0.1, -0.05) is 30.3 Å². The molecule has 2 N–H and O–H groups in total. The zero-order valence-electron chi connectivity index (χ0n) is 13.9. The van der Waals surface area contributed by atoms with Crippen molar-refractivity contribution < 1.29 is 13.2 Å². The summed E-state index contributed by atoms with van der Waals surface area (Å²) in [7, 11) is -0.674. The molecule has 1 heterocycles. The quantitative estimate of drug-likeness (QED) is 0.887. The third kappa shape index (κ3) is 3.17. The first kappa shape index (κ1) is 17.0. The zero-order valence-corrected chi connectivity index (χ0v) is 14.7. The lowest BCUT2D eigenvalue weighted by Gasteiger charge is -2.20. The average molecular weight is 346 g/mol. The van der Waals surface area contributed by atoms with Crippen LogP contribution in [0, 0.1) is 0 Å². The molecule has 0 aromatic heterocycles. The number of nitrogens with one attached hydrogen (secondary N) is 2. The highest BCUT2D eigenvalue weighted by molar-refractivity contribution is 7.89. The molecule has 5 nitrogen and oxygen atoms in total. The minimum absolute atomic E-state index is 0.111. The van der Waals surface area contributed by atoms with Gasteiger partial charge < -0.3 is 10.1 Å². The van der Waals surface area contributed by atoms with E-state index in [1.165, 1.54) is 19.7 Å². The van der Waals surface area contributed by atoms with Crippen LogP contribution in [-0.2, 0) is 16.4 Å². The molecule has 1 aliphatic heterocycles. The Morgan fingerprint density at radius 3 is 2.62 bits per heavy atom. The number of hydrogen-bond donors (Lipinski definition) is 2. The number of methoxy groups -OCH3 is 1. The van der Waals surface area contributed by atoms with E-state index in [1.54, 1.807) is 6.07 Å². The second-order valence-corrected chi connectivity index (χ2v) is 7.68. The van der Waals surface area contributed by atoms with Gasteiger partial charge in [0.25, 0.3) is 0 Å². The third-order valence-corrected chi connectivity index (χ3v) is 5.92. The van der Waals surface area contributed by atoms with Crippen molar-refractivity contribution in [1.29, 1.82) is 0 Å². The lowest BCUT2D eigenvalue weighted by Crippen LogP contribution is -2.22. The van der Waals surface area contributed by atoms with Gasteiger partial charge in [-0.05, 0) is 48.8 Å². The fourth-order valence-electron chi connectivity index (χ4n) is 3.20. The molecule has 128 valence electrons. The fourth-order valence-corrected chi connectivity index (χ4v) is 4.11. The van der Waals surface area contributed by atoms with Crippen LogP contribution in [0.5, 0.6) is 5.75 Å². The zero-order chi connectivity index (χ0) is 17.2. The Bertz CT molecular complexity index is 820. The van der Waals surface area contributed by atoms with E-state index in [9.17, 15) is 8.42 Å². The molecule has 0 fully saturated rings. The highest BCUT2D eigenvalue weighted by atomic mass is 32.2. The molecule has 0 aliphatic carbocycles. The minimum Gasteiger partial charge on any atom is -0.495 e. The predicted molar refractivity (Wildman–Crippen MR) is 94.1 cm³/mol. The largest absolute Gasteiger partial charge is 0.495 e. The topological polar surface area (TPSA) is 67.4 Å². The smallest absolute Gasteiger partial charge is 0.244 e. The van der Waals surface area contributed by atoms with Crippen LogP contribution in [0.3, 0.4) is 0 Å². The third-order valence-electron chi connectivity index (χ3n) is 4.48. The Hall–Kier alpha value is -1.89. The van der Waals surface area contributed by atoms with Gasteiger partial charge in [0.2, 0.25) is 10.0 Å². The molecule has 6 heteroatoms. The maximum Gasteiger partial charge on any atom is 0.244 e. The number of sulfonamides is 1. The first-order valence-corrected chi connectivity index (χ1v) is 9.45. The van der Waals surface area contributed by atoms with E-state index >= 15 is 0 Å². The van der Waals surface area contributed by atoms with Crippen LogP contribution in [0.15, 0.2) is 47.4 Å². The van der Waals surface area contributed by atoms with Crippen LogP contribution in [0.2, 0.25) is 0 Å². The molecule has 2 aromatic carbocycles. The molecule has 0 radical (unpaired) electrons. The molecule has 0 spiro atoms. The standard InChI is InChI=1S/C18H22N2O3S/c1-19-24(21,22)18-11-15-14(10-17(18)23-2)8-9-20-12-16(15)13-6-4-3-5-7-13/h3-7,10-11,16,19-20H,8-9,12H2,1-2H3. The van der Waals surface area contributed by atoms with E-state index < -0.39 is 10.0 Å². The summed E-state index contributed by atoms with van der Waals surface area (Å²) in [5.74, 6) is 0.497. The molecule has 1 atom stereocenters. The Balaban J connectivity index is 2.20. The Labute approximate surface area is 143 Å². The molecule has 0 bridgehead atoms. The summed E-state index contributed by atoms with van der Waals surface area (Å²) in [6, 6.07) is 13.8. The van der Waals surface area contributed by atoms with Crippen molar-refractivity contribution in [3.63, 3.8) is 0 Å². The summed E-state index contributed by atoms with van der Waals surface area (Å²) in [5, 5.41) is 3.45. The molecule has 1 aliphatic rings. The molecule has 0 saturated heterocycles. The number of fused-ring (bicyclic) bond motifs is 1. The van der Waals surface area contributed by atoms with Gasteiger partial charge in [0, 0.05) is 12.5 Å². The maximum atomic E-state index is 12.4. The number of hydrogen-bond acceptors (Lipinski definition) is 4. The van der Waals surface area contributed by atoms with Gasteiger partial charge >= 0.3 is 0 Å². The molecule has 0 amide bonds. The molecule has 3 rings (SSSR count). The van der Waals surface area contributed by atoms with Crippen molar-refractivity contribution in [2.75, 3.05) is 27.2 Å². The SMILES string of the molecule is CNS(=O)(=O)c1cc2c(cc1OC)CCNCC2c1ccccc1. The van der Waals surface area contributed by atoms with Crippen LogP contribution < -0.4 is 14.8 Å². The molecular formula is C18H22N2O3S. The Morgan fingerprint density at radius 1 is 1.21 bits per heavy atom. The van der Waals surface area contributed by atoms with Crippen molar-refractivity contribution in [3.8, 4) is 5.75 Å². The summed E-state index contributed by atoms with van der Waals surface area (Å²) < 4.78 is 32.5. The highest BCUT2D eigenvalue weighted by Crippen LogP contribution is 2.35. The van der Waals surface area contributed by atoms with E-state index in [0.29, 0.717) is 5.75 Å². The number of benzene rings is 2. The normalized spacial score (nSPS) is 17.8. The van der Waals surface area contributed by atoms with Gasteiger partial charge in [-0.25, -0.2) is 13.1 Å². The number of rotatable bonds is 4. The van der Waals surface area contributed by atoms with Crippen LogP contribution in [-0.4, -0.2) is 35.7 Å². The Morgan fingerprint density at radius 2 is 1.96 bits per heavy atom. The van der Waals surface area contributed by atoms with E-state index in [2.05, 4.69) is 22.2 Å². The van der Waals surface area contributed by atoms with Gasteiger partial charge in [-0.2, -0.15) is 0 Å². The van der Waals surface area contributed by atoms with E-state index in [1.807, 2.05) is 24.3 Å². The van der Waals surface area contributed by atoms with Crippen LogP contribution in [0.4, 0.5) is 0 Å².